The summed E-state index contributed by atoms with van der Waals surface area (Å²) in [5, 5.41) is 14.4. The molecule has 0 spiro atoms. The van der Waals surface area contributed by atoms with Crippen molar-refractivity contribution in [2.24, 2.45) is 0 Å². The third kappa shape index (κ3) is 3.55. The van der Waals surface area contributed by atoms with E-state index < -0.39 is 0 Å². The maximum absolute atomic E-state index is 12.3. The number of pyridine rings is 1. The quantitative estimate of drug-likeness (QED) is 0.585. The van der Waals surface area contributed by atoms with Gasteiger partial charge in [-0.15, -0.1) is 5.10 Å². The molecule has 136 valence electrons. The molecule has 0 bridgehead atoms. The summed E-state index contributed by atoms with van der Waals surface area (Å²) in [7, 11) is 0. The van der Waals surface area contributed by atoms with Crippen molar-refractivity contribution in [3.8, 4) is 5.69 Å². The van der Waals surface area contributed by atoms with Gasteiger partial charge in [0.25, 0.3) is 0 Å². The van der Waals surface area contributed by atoms with Crippen molar-refractivity contribution < 1.29 is 4.79 Å². The Morgan fingerprint density at radius 1 is 1.11 bits per heavy atom. The minimum absolute atomic E-state index is 0.0462. The van der Waals surface area contributed by atoms with Crippen LogP contribution in [0.25, 0.3) is 11.3 Å². The molecule has 0 saturated heterocycles. The van der Waals surface area contributed by atoms with Crippen LogP contribution in [-0.2, 0) is 17.8 Å². The Kier molecular flexibility index (Phi) is 4.37. The SMILES string of the molecule is Cc1nnnn1-c1ccc(CC(=O)NCc2cn3c(C)cccc3n2)cc1. The number of carbonyl (C=O) groups excluding carboxylic acids is 1. The van der Waals surface area contributed by atoms with Crippen molar-refractivity contribution in [3.05, 3.63) is 71.4 Å². The fourth-order valence-corrected chi connectivity index (χ4v) is 2.95. The number of tetrazole rings is 1. The Morgan fingerprint density at radius 3 is 2.63 bits per heavy atom. The summed E-state index contributed by atoms with van der Waals surface area (Å²) in [6, 6.07) is 13.6. The number of nitrogens with one attached hydrogen (secondary N) is 1. The smallest absolute Gasteiger partial charge is 0.224 e. The van der Waals surface area contributed by atoms with Gasteiger partial charge in [0.15, 0.2) is 5.82 Å². The predicted octanol–water partition coefficient (Wildman–Crippen LogP) is 1.79. The lowest BCUT2D eigenvalue weighted by molar-refractivity contribution is -0.120. The van der Waals surface area contributed by atoms with Crippen LogP contribution in [0.2, 0.25) is 0 Å². The normalized spacial score (nSPS) is 11.0. The van der Waals surface area contributed by atoms with Crippen LogP contribution in [-0.4, -0.2) is 35.5 Å². The van der Waals surface area contributed by atoms with Crippen LogP contribution in [0.1, 0.15) is 22.8 Å². The largest absolute Gasteiger partial charge is 0.350 e. The van der Waals surface area contributed by atoms with Crippen LogP contribution in [0.15, 0.2) is 48.7 Å². The lowest BCUT2D eigenvalue weighted by Gasteiger charge is -2.05. The van der Waals surface area contributed by atoms with E-state index in [-0.39, 0.29) is 5.91 Å². The van der Waals surface area contributed by atoms with E-state index in [1.54, 1.807) is 4.68 Å². The summed E-state index contributed by atoms with van der Waals surface area (Å²) in [5.74, 6) is 0.665. The van der Waals surface area contributed by atoms with Gasteiger partial charge in [-0.1, -0.05) is 18.2 Å². The number of hydrogen-bond acceptors (Lipinski definition) is 5. The molecular weight excluding hydrogens is 342 g/mol. The fraction of sp³-hybridized carbons (Fsp3) is 0.211. The van der Waals surface area contributed by atoms with Crippen LogP contribution >= 0.6 is 0 Å². The molecule has 0 saturated carbocycles. The molecule has 0 radical (unpaired) electrons. The number of aryl methyl sites for hydroxylation is 2. The lowest BCUT2D eigenvalue weighted by atomic mass is 10.1. The van der Waals surface area contributed by atoms with E-state index in [1.807, 2.05) is 66.9 Å². The van der Waals surface area contributed by atoms with Gasteiger partial charge in [0, 0.05) is 11.9 Å². The second-order valence-corrected chi connectivity index (χ2v) is 6.39. The van der Waals surface area contributed by atoms with Gasteiger partial charge in [-0.05, 0) is 54.1 Å². The second-order valence-electron chi connectivity index (χ2n) is 6.39. The first-order valence-corrected chi connectivity index (χ1v) is 8.65. The summed E-state index contributed by atoms with van der Waals surface area (Å²) in [5.41, 5.74) is 4.61. The van der Waals surface area contributed by atoms with Crippen molar-refractivity contribution in [1.29, 1.82) is 0 Å². The molecule has 27 heavy (non-hydrogen) atoms. The van der Waals surface area contributed by atoms with E-state index in [9.17, 15) is 4.79 Å². The van der Waals surface area contributed by atoms with Gasteiger partial charge in [0.05, 0.1) is 24.3 Å². The predicted molar refractivity (Wildman–Crippen MR) is 99.4 cm³/mol. The zero-order chi connectivity index (χ0) is 18.8. The Hall–Kier alpha value is -3.55. The molecule has 0 aliphatic heterocycles. The number of carbonyl (C=O) groups is 1. The Balaban J connectivity index is 1.37. The Morgan fingerprint density at radius 2 is 1.93 bits per heavy atom. The highest BCUT2D eigenvalue weighted by atomic mass is 16.1. The molecule has 8 heteroatoms. The second kappa shape index (κ2) is 6.99. The minimum Gasteiger partial charge on any atom is -0.350 e. The van der Waals surface area contributed by atoms with Crippen molar-refractivity contribution in [1.82, 2.24) is 34.9 Å². The molecule has 4 rings (SSSR count). The maximum Gasteiger partial charge on any atom is 0.224 e. The molecule has 0 unspecified atom stereocenters. The Labute approximate surface area is 155 Å². The number of aromatic nitrogens is 6. The first-order valence-electron chi connectivity index (χ1n) is 8.65. The van der Waals surface area contributed by atoms with Gasteiger partial charge in [0.1, 0.15) is 5.65 Å². The highest BCUT2D eigenvalue weighted by molar-refractivity contribution is 5.78. The summed E-state index contributed by atoms with van der Waals surface area (Å²) >= 11 is 0. The molecule has 1 N–H and O–H groups in total. The number of nitrogens with zero attached hydrogens (tertiary/aromatic N) is 6. The zero-order valence-electron chi connectivity index (χ0n) is 15.1. The van der Waals surface area contributed by atoms with E-state index in [0.29, 0.717) is 18.8 Å². The third-order valence-electron chi connectivity index (χ3n) is 4.38. The number of benzene rings is 1. The summed E-state index contributed by atoms with van der Waals surface area (Å²) in [6.45, 7) is 4.27. The fourth-order valence-electron chi connectivity index (χ4n) is 2.95. The van der Waals surface area contributed by atoms with Gasteiger partial charge in [-0.3, -0.25) is 4.79 Å². The molecule has 0 aliphatic carbocycles. The first-order chi connectivity index (χ1) is 13.1. The summed E-state index contributed by atoms with van der Waals surface area (Å²) in [6.07, 6.45) is 2.26. The van der Waals surface area contributed by atoms with Gasteiger partial charge in [-0.2, -0.15) is 4.68 Å². The Bertz CT molecular complexity index is 1090. The van der Waals surface area contributed by atoms with E-state index in [0.717, 1.165) is 28.3 Å². The molecular formula is C19H19N7O. The average Bonchev–Trinajstić information content (AvgIpc) is 3.27. The average molecular weight is 361 g/mol. The van der Waals surface area contributed by atoms with E-state index in [2.05, 4.69) is 25.8 Å². The first kappa shape index (κ1) is 16.9. The van der Waals surface area contributed by atoms with Gasteiger partial charge < -0.3 is 9.72 Å². The minimum atomic E-state index is -0.0462. The maximum atomic E-state index is 12.3. The number of fused-ring (bicyclic) bond motifs is 1. The molecule has 3 heterocycles. The number of hydrogen-bond donors (Lipinski definition) is 1. The number of amides is 1. The van der Waals surface area contributed by atoms with Crippen LogP contribution in [0.3, 0.4) is 0 Å². The molecule has 8 nitrogen and oxygen atoms in total. The van der Waals surface area contributed by atoms with Gasteiger partial charge in [-0.25, -0.2) is 4.98 Å². The molecule has 0 fully saturated rings. The van der Waals surface area contributed by atoms with Crippen LogP contribution in [0.4, 0.5) is 0 Å². The molecule has 0 atom stereocenters. The highest BCUT2D eigenvalue weighted by Crippen LogP contribution is 2.11. The number of imidazole rings is 1. The molecule has 0 aliphatic rings. The van der Waals surface area contributed by atoms with Crippen molar-refractivity contribution in [3.63, 3.8) is 0 Å². The molecule has 4 aromatic rings. The topological polar surface area (TPSA) is 90.0 Å². The number of rotatable bonds is 5. The standard InChI is InChI=1S/C19H19N7O/c1-13-4-3-5-18-21-16(12-25(13)18)11-20-19(27)10-15-6-8-17(9-7-15)26-14(2)22-23-24-26/h3-9,12H,10-11H2,1-2H3,(H,20,27). The zero-order valence-corrected chi connectivity index (χ0v) is 15.1. The molecule has 1 aromatic carbocycles. The van der Waals surface area contributed by atoms with E-state index in [4.69, 9.17) is 0 Å². The van der Waals surface area contributed by atoms with Crippen molar-refractivity contribution in [2.75, 3.05) is 0 Å². The third-order valence-corrected chi connectivity index (χ3v) is 4.38. The van der Waals surface area contributed by atoms with Gasteiger partial charge >= 0.3 is 0 Å². The van der Waals surface area contributed by atoms with Crippen LogP contribution in [0, 0.1) is 13.8 Å². The molecule has 1 amide bonds. The van der Waals surface area contributed by atoms with E-state index >= 15 is 0 Å². The highest BCUT2D eigenvalue weighted by Gasteiger charge is 2.08. The molecule has 3 aromatic heterocycles. The monoisotopic (exact) mass is 361 g/mol. The van der Waals surface area contributed by atoms with Crippen molar-refractivity contribution >= 4 is 11.6 Å². The van der Waals surface area contributed by atoms with Crippen LogP contribution < -0.4 is 5.32 Å². The van der Waals surface area contributed by atoms with Crippen LogP contribution in [0.5, 0.6) is 0 Å². The summed E-state index contributed by atoms with van der Waals surface area (Å²) < 4.78 is 3.66. The summed E-state index contributed by atoms with van der Waals surface area (Å²) in [4.78, 5) is 16.8. The van der Waals surface area contributed by atoms with E-state index in [1.165, 1.54) is 0 Å². The van der Waals surface area contributed by atoms with Gasteiger partial charge in [0.2, 0.25) is 5.91 Å². The lowest BCUT2D eigenvalue weighted by Crippen LogP contribution is -2.24. The van der Waals surface area contributed by atoms with Crippen molar-refractivity contribution in [2.45, 2.75) is 26.8 Å².